The fourth-order valence-electron chi connectivity index (χ4n) is 1.90. The molecule has 0 amide bonds. The Hall–Kier alpha value is -2.30. The van der Waals surface area contributed by atoms with E-state index in [0.29, 0.717) is 25.9 Å². The fourth-order valence-corrected chi connectivity index (χ4v) is 1.90. The molecule has 0 N–H and O–H groups in total. The highest BCUT2D eigenvalue weighted by Crippen LogP contribution is 2.19. The first-order chi connectivity index (χ1) is 11.6. The number of hydrogen-bond donors (Lipinski definition) is 0. The van der Waals surface area contributed by atoms with Gasteiger partial charge in [-0.1, -0.05) is 18.2 Å². The lowest BCUT2D eigenvalue weighted by Gasteiger charge is -2.07. The van der Waals surface area contributed by atoms with Crippen LogP contribution in [0.4, 0.5) is 0 Å². The summed E-state index contributed by atoms with van der Waals surface area (Å²) in [5.74, 6) is 1.35. The van der Waals surface area contributed by atoms with E-state index in [4.69, 9.17) is 9.47 Å². The summed E-state index contributed by atoms with van der Waals surface area (Å²) < 4.78 is 15.0. The van der Waals surface area contributed by atoms with Crippen molar-refractivity contribution in [3.05, 3.63) is 47.5 Å². The van der Waals surface area contributed by atoms with Gasteiger partial charge in [-0.05, 0) is 44.4 Å². The molecule has 24 heavy (non-hydrogen) atoms. The van der Waals surface area contributed by atoms with Crippen LogP contribution in [0.1, 0.15) is 39.5 Å². The van der Waals surface area contributed by atoms with Crippen molar-refractivity contribution in [1.29, 1.82) is 0 Å². The van der Waals surface area contributed by atoms with E-state index in [2.05, 4.69) is 10.8 Å². The van der Waals surface area contributed by atoms with Gasteiger partial charge in [0.1, 0.15) is 6.29 Å². The molecule has 0 saturated carbocycles. The monoisotopic (exact) mass is 336 g/mol. The van der Waals surface area contributed by atoms with Crippen LogP contribution in [0, 0.1) is 0 Å². The third-order valence-electron chi connectivity index (χ3n) is 3.04. The van der Waals surface area contributed by atoms with Crippen molar-refractivity contribution in [3.63, 3.8) is 0 Å². The third kappa shape index (κ3) is 9.66. The largest absolute Gasteiger partial charge is 0.493 e. The minimum atomic E-state index is -0.218. The molecule has 0 aromatic heterocycles. The highest BCUT2D eigenvalue weighted by Gasteiger charge is 2.07. The van der Waals surface area contributed by atoms with Gasteiger partial charge < -0.3 is 19.0 Å². The topological polar surface area (TPSA) is 61.8 Å². The second-order valence-corrected chi connectivity index (χ2v) is 4.82. The van der Waals surface area contributed by atoms with E-state index in [0.717, 1.165) is 24.2 Å². The van der Waals surface area contributed by atoms with Gasteiger partial charge >= 0.3 is 5.97 Å². The molecule has 1 aliphatic rings. The smallest absolute Gasteiger partial charge is 0.305 e. The summed E-state index contributed by atoms with van der Waals surface area (Å²) >= 11 is 0. The molecule has 5 heteroatoms. The average molecular weight is 336 g/mol. The van der Waals surface area contributed by atoms with E-state index in [-0.39, 0.29) is 5.97 Å². The molecule has 0 aromatic rings. The summed E-state index contributed by atoms with van der Waals surface area (Å²) in [7, 11) is 3.30. The normalized spacial score (nSPS) is 13.6. The number of carbonyl (C=O) groups excluding carboxylic acids is 2. The molecular weight excluding hydrogens is 308 g/mol. The Bertz CT molecular complexity index is 498. The molecule has 0 bridgehead atoms. The number of carbonyl (C=O) groups is 2. The first-order valence-corrected chi connectivity index (χ1v) is 8.04. The SMILES string of the molecule is C/C=C/C1=CC=C(OC)C(OC)=CC1.CCOC(=O)CCCC=O. The molecule has 0 unspecified atom stereocenters. The summed E-state index contributed by atoms with van der Waals surface area (Å²) in [6.45, 7) is 4.19. The molecule has 0 spiro atoms. The quantitative estimate of drug-likeness (QED) is 0.382. The molecule has 0 aliphatic heterocycles. The standard InChI is InChI=1S/C12H16O2.C7H12O3/c1-4-5-10-6-8-11(13-2)12(14-3)9-7-10;1-2-10-7(9)5-3-4-6-8/h4-6,8-9H,7H2,1-3H3;6H,2-5H2,1H3/b5-4+;. The van der Waals surface area contributed by atoms with Crippen molar-refractivity contribution >= 4 is 12.3 Å². The highest BCUT2D eigenvalue weighted by molar-refractivity contribution is 5.69. The molecular formula is C19H28O5. The van der Waals surface area contributed by atoms with Crippen LogP contribution in [0.25, 0.3) is 0 Å². The number of hydrogen-bond acceptors (Lipinski definition) is 5. The zero-order valence-electron chi connectivity index (χ0n) is 15.0. The molecule has 0 aromatic carbocycles. The van der Waals surface area contributed by atoms with Gasteiger partial charge in [0.15, 0.2) is 11.5 Å². The van der Waals surface area contributed by atoms with E-state index in [1.54, 1.807) is 21.1 Å². The van der Waals surface area contributed by atoms with Crippen LogP contribution < -0.4 is 0 Å². The number of unbranched alkanes of at least 4 members (excludes halogenated alkanes) is 1. The Morgan fingerprint density at radius 2 is 1.92 bits per heavy atom. The molecule has 0 fully saturated rings. The summed E-state index contributed by atoms with van der Waals surface area (Å²) in [6.07, 6.45) is 13.2. The first kappa shape index (κ1) is 21.7. The van der Waals surface area contributed by atoms with Crippen molar-refractivity contribution in [2.24, 2.45) is 0 Å². The predicted molar refractivity (Wildman–Crippen MR) is 94.2 cm³/mol. The Morgan fingerprint density at radius 1 is 1.21 bits per heavy atom. The number of esters is 1. The Morgan fingerprint density at radius 3 is 2.46 bits per heavy atom. The Labute approximate surface area is 144 Å². The van der Waals surface area contributed by atoms with Gasteiger partial charge in [0.25, 0.3) is 0 Å². The lowest BCUT2D eigenvalue weighted by Crippen LogP contribution is -2.03. The number of methoxy groups -OCH3 is 2. The van der Waals surface area contributed by atoms with E-state index in [1.165, 1.54) is 5.57 Å². The van der Waals surface area contributed by atoms with Crippen molar-refractivity contribution < 1.29 is 23.8 Å². The Kier molecular flexibility index (Phi) is 12.9. The minimum absolute atomic E-state index is 0.218. The lowest BCUT2D eigenvalue weighted by molar-refractivity contribution is -0.143. The molecule has 5 nitrogen and oxygen atoms in total. The summed E-state index contributed by atoms with van der Waals surface area (Å²) in [4.78, 5) is 20.4. The molecule has 0 atom stereocenters. The number of rotatable bonds is 8. The van der Waals surface area contributed by atoms with E-state index in [9.17, 15) is 9.59 Å². The number of aldehydes is 1. The second-order valence-electron chi connectivity index (χ2n) is 4.82. The van der Waals surface area contributed by atoms with Gasteiger partial charge in [-0.2, -0.15) is 0 Å². The zero-order chi connectivity index (χ0) is 18.2. The molecule has 0 radical (unpaired) electrons. The van der Waals surface area contributed by atoms with Crippen LogP contribution in [0.2, 0.25) is 0 Å². The van der Waals surface area contributed by atoms with Crippen molar-refractivity contribution in [2.75, 3.05) is 20.8 Å². The van der Waals surface area contributed by atoms with E-state index >= 15 is 0 Å². The zero-order valence-corrected chi connectivity index (χ0v) is 15.0. The van der Waals surface area contributed by atoms with Gasteiger partial charge in [-0.15, -0.1) is 0 Å². The molecule has 0 saturated heterocycles. The van der Waals surface area contributed by atoms with Crippen LogP contribution in [-0.4, -0.2) is 33.1 Å². The fraction of sp³-hybridized carbons (Fsp3) is 0.474. The van der Waals surface area contributed by atoms with Crippen molar-refractivity contribution in [1.82, 2.24) is 0 Å². The predicted octanol–water partition coefficient (Wildman–Crippen LogP) is 3.87. The minimum Gasteiger partial charge on any atom is -0.493 e. The average Bonchev–Trinajstić information content (AvgIpc) is 2.78. The van der Waals surface area contributed by atoms with Crippen LogP contribution >= 0.6 is 0 Å². The van der Waals surface area contributed by atoms with Crippen LogP contribution in [-0.2, 0) is 23.8 Å². The maximum absolute atomic E-state index is 10.6. The molecule has 0 heterocycles. The highest BCUT2D eigenvalue weighted by atomic mass is 16.5. The maximum Gasteiger partial charge on any atom is 0.305 e. The van der Waals surface area contributed by atoms with Crippen molar-refractivity contribution in [3.8, 4) is 0 Å². The molecule has 134 valence electrons. The second kappa shape index (κ2) is 14.3. The van der Waals surface area contributed by atoms with Crippen LogP contribution in [0.3, 0.4) is 0 Å². The molecule has 1 aliphatic carbocycles. The summed E-state index contributed by atoms with van der Waals surface area (Å²) in [6, 6.07) is 0. The van der Waals surface area contributed by atoms with E-state index in [1.807, 2.05) is 31.2 Å². The molecule has 1 rings (SSSR count). The Balaban J connectivity index is 0.000000470. The number of allylic oxidation sites excluding steroid dienone is 6. The summed E-state index contributed by atoms with van der Waals surface area (Å²) in [5, 5.41) is 0. The van der Waals surface area contributed by atoms with Gasteiger partial charge in [-0.3, -0.25) is 4.79 Å². The number of ether oxygens (including phenoxy) is 3. The van der Waals surface area contributed by atoms with Crippen LogP contribution in [0.5, 0.6) is 0 Å². The van der Waals surface area contributed by atoms with Crippen molar-refractivity contribution in [2.45, 2.75) is 39.5 Å². The van der Waals surface area contributed by atoms with Gasteiger partial charge in [0.05, 0.1) is 20.8 Å². The van der Waals surface area contributed by atoms with E-state index < -0.39 is 0 Å². The van der Waals surface area contributed by atoms with Gasteiger partial charge in [0, 0.05) is 12.8 Å². The first-order valence-electron chi connectivity index (χ1n) is 8.04. The van der Waals surface area contributed by atoms with Gasteiger partial charge in [-0.25, -0.2) is 0 Å². The lowest BCUT2D eigenvalue weighted by atomic mass is 10.1. The van der Waals surface area contributed by atoms with Gasteiger partial charge in [0.2, 0.25) is 0 Å². The third-order valence-corrected chi connectivity index (χ3v) is 3.04. The van der Waals surface area contributed by atoms with Crippen LogP contribution in [0.15, 0.2) is 47.5 Å². The summed E-state index contributed by atoms with van der Waals surface area (Å²) in [5.41, 5.74) is 1.24. The maximum atomic E-state index is 10.6.